The lowest BCUT2D eigenvalue weighted by Crippen LogP contribution is -2.16. The second-order valence-electron chi connectivity index (χ2n) is 2.67. The molecular weight excluding hydrogens is 109 g/mol. The van der Waals surface area contributed by atoms with Gasteiger partial charge in [0.2, 0.25) is 0 Å². The molecule has 2 atom stereocenters. The van der Waals surface area contributed by atoms with Gasteiger partial charge in [-0.05, 0) is 12.5 Å². The van der Waals surface area contributed by atoms with Crippen molar-refractivity contribution in [3.63, 3.8) is 0 Å². The Morgan fingerprint density at radius 3 is 2.44 bits per heavy atom. The van der Waals surface area contributed by atoms with Crippen LogP contribution in [0.4, 0.5) is 0 Å². The highest BCUT2D eigenvalue weighted by molar-refractivity contribution is 6.11. The molecular formula is C7H16BN. The first-order valence-corrected chi connectivity index (χ1v) is 3.68. The van der Waals surface area contributed by atoms with Gasteiger partial charge < -0.3 is 5.73 Å². The van der Waals surface area contributed by atoms with E-state index in [2.05, 4.69) is 13.8 Å². The van der Waals surface area contributed by atoms with Crippen LogP contribution < -0.4 is 5.73 Å². The lowest BCUT2D eigenvalue weighted by Gasteiger charge is -2.16. The first-order valence-electron chi connectivity index (χ1n) is 3.68. The second-order valence-corrected chi connectivity index (χ2v) is 2.67. The van der Waals surface area contributed by atoms with Gasteiger partial charge in [0, 0.05) is 0 Å². The summed E-state index contributed by atoms with van der Waals surface area (Å²) < 4.78 is 0. The van der Waals surface area contributed by atoms with E-state index in [1.54, 1.807) is 0 Å². The average molecular weight is 125 g/mol. The van der Waals surface area contributed by atoms with Crippen LogP contribution in [-0.2, 0) is 0 Å². The van der Waals surface area contributed by atoms with Crippen LogP contribution >= 0.6 is 0 Å². The Balaban J connectivity index is 3.32. The molecule has 0 aliphatic carbocycles. The Labute approximate surface area is 59.4 Å². The van der Waals surface area contributed by atoms with Crippen molar-refractivity contribution < 1.29 is 0 Å². The third-order valence-corrected chi connectivity index (χ3v) is 1.72. The first kappa shape index (κ1) is 9.02. The molecule has 52 valence electrons. The molecule has 0 saturated carbocycles. The predicted octanol–water partition coefficient (Wildman–Crippen LogP) is 1.34. The van der Waals surface area contributed by atoms with Crippen molar-refractivity contribution in [2.75, 3.05) is 6.54 Å². The van der Waals surface area contributed by atoms with Gasteiger partial charge in [0.25, 0.3) is 0 Å². The highest BCUT2D eigenvalue weighted by Crippen LogP contribution is 2.18. The predicted molar refractivity (Wildman–Crippen MR) is 42.6 cm³/mol. The van der Waals surface area contributed by atoms with Crippen molar-refractivity contribution in [1.82, 2.24) is 0 Å². The number of rotatable bonds is 4. The maximum Gasteiger partial charge on any atom is 0.0703 e. The molecule has 2 radical (unpaired) electrons. The Bertz CT molecular complexity index is 65.9. The molecule has 0 fully saturated rings. The number of hydrogen-bond acceptors (Lipinski definition) is 1. The van der Waals surface area contributed by atoms with E-state index in [4.69, 9.17) is 13.6 Å². The van der Waals surface area contributed by atoms with E-state index in [9.17, 15) is 0 Å². The largest absolute Gasteiger partial charge is 0.330 e. The smallest absolute Gasteiger partial charge is 0.0703 e. The molecule has 0 saturated heterocycles. The molecule has 0 aromatic rings. The van der Waals surface area contributed by atoms with Gasteiger partial charge in [-0.1, -0.05) is 32.5 Å². The lowest BCUT2D eigenvalue weighted by molar-refractivity contribution is 0.516. The van der Waals surface area contributed by atoms with Gasteiger partial charge in [-0.15, -0.1) is 0 Å². The van der Waals surface area contributed by atoms with Crippen LogP contribution in [0.3, 0.4) is 0 Å². The van der Waals surface area contributed by atoms with E-state index < -0.39 is 0 Å². The Morgan fingerprint density at radius 2 is 2.11 bits per heavy atom. The average Bonchev–Trinajstić information content (AvgIpc) is 1.87. The molecule has 2 N–H and O–H groups in total. The summed E-state index contributed by atoms with van der Waals surface area (Å²) in [6, 6.07) is 0. The quantitative estimate of drug-likeness (QED) is 0.563. The standard InChI is InChI=1S/C7H16BN/c1-3-4-7(8)6(2)5-9/h6-7H,3-5,9H2,1-2H3. The van der Waals surface area contributed by atoms with E-state index >= 15 is 0 Å². The highest BCUT2D eigenvalue weighted by atomic mass is 14.5. The zero-order valence-corrected chi connectivity index (χ0v) is 6.43. The minimum Gasteiger partial charge on any atom is -0.330 e. The molecule has 2 heteroatoms. The molecule has 0 rings (SSSR count). The summed E-state index contributed by atoms with van der Waals surface area (Å²) in [4.78, 5) is 0. The maximum atomic E-state index is 5.76. The first-order chi connectivity index (χ1) is 4.22. The summed E-state index contributed by atoms with van der Waals surface area (Å²) in [5.41, 5.74) is 5.42. The van der Waals surface area contributed by atoms with Gasteiger partial charge in [-0.2, -0.15) is 0 Å². The van der Waals surface area contributed by atoms with Crippen molar-refractivity contribution in [3.05, 3.63) is 0 Å². The number of hydrogen-bond donors (Lipinski definition) is 1. The fourth-order valence-electron chi connectivity index (χ4n) is 0.793. The highest BCUT2D eigenvalue weighted by Gasteiger charge is 2.07. The summed E-state index contributed by atoms with van der Waals surface area (Å²) in [6.45, 7) is 4.95. The van der Waals surface area contributed by atoms with E-state index in [1.165, 1.54) is 0 Å². The summed E-state index contributed by atoms with van der Waals surface area (Å²) in [6.07, 6.45) is 2.25. The second kappa shape index (κ2) is 4.86. The van der Waals surface area contributed by atoms with Crippen molar-refractivity contribution in [1.29, 1.82) is 0 Å². The SMILES string of the molecule is [B]C(CCC)C(C)CN. The van der Waals surface area contributed by atoms with Crippen LogP contribution in [0.25, 0.3) is 0 Å². The Hall–Kier alpha value is 0.0249. The van der Waals surface area contributed by atoms with Crippen LogP contribution in [0.2, 0.25) is 5.82 Å². The van der Waals surface area contributed by atoms with Gasteiger partial charge >= 0.3 is 0 Å². The van der Waals surface area contributed by atoms with Crippen LogP contribution in [0, 0.1) is 5.92 Å². The van der Waals surface area contributed by atoms with Crippen molar-refractivity contribution >= 4 is 7.85 Å². The monoisotopic (exact) mass is 125 g/mol. The summed E-state index contributed by atoms with van der Waals surface area (Å²) in [5, 5.41) is 0. The minimum absolute atomic E-state index is 0.306. The fraction of sp³-hybridized carbons (Fsp3) is 1.00. The zero-order valence-electron chi connectivity index (χ0n) is 6.43. The van der Waals surface area contributed by atoms with Crippen LogP contribution in [0.5, 0.6) is 0 Å². The Morgan fingerprint density at radius 1 is 1.56 bits per heavy atom. The topological polar surface area (TPSA) is 26.0 Å². The van der Waals surface area contributed by atoms with Gasteiger partial charge in [0.1, 0.15) is 0 Å². The Kier molecular flexibility index (Phi) is 4.88. The molecule has 0 aliphatic heterocycles. The minimum atomic E-state index is 0.306. The molecule has 1 nitrogen and oxygen atoms in total. The van der Waals surface area contributed by atoms with Gasteiger partial charge in [-0.25, -0.2) is 0 Å². The molecule has 0 bridgehead atoms. The van der Waals surface area contributed by atoms with E-state index in [1.807, 2.05) is 0 Å². The maximum absolute atomic E-state index is 5.76. The zero-order chi connectivity index (χ0) is 7.28. The van der Waals surface area contributed by atoms with Gasteiger partial charge in [0.05, 0.1) is 7.85 Å². The molecule has 0 heterocycles. The lowest BCUT2D eigenvalue weighted by atomic mass is 9.74. The molecule has 9 heavy (non-hydrogen) atoms. The molecule has 0 spiro atoms. The van der Waals surface area contributed by atoms with Crippen LogP contribution in [0.15, 0.2) is 0 Å². The van der Waals surface area contributed by atoms with Gasteiger partial charge in [0.15, 0.2) is 0 Å². The molecule has 0 amide bonds. The fourth-order valence-corrected chi connectivity index (χ4v) is 0.793. The number of nitrogens with two attached hydrogens (primary N) is 1. The van der Waals surface area contributed by atoms with Crippen molar-refractivity contribution in [2.24, 2.45) is 11.7 Å². The molecule has 0 aromatic carbocycles. The van der Waals surface area contributed by atoms with Crippen molar-refractivity contribution in [2.45, 2.75) is 32.5 Å². The summed E-state index contributed by atoms with van der Waals surface area (Å²) in [5.74, 6) is 0.782. The molecule has 2 unspecified atom stereocenters. The third-order valence-electron chi connectivity index (χ3n) is 1.72. The third kappa shape index (κ3) is 3.58. The normalized spacial score (nSPS) is 17.2. The van der Waals surface area contributed by atoms with E-state index in [-0.39, 0.29) is 0 Å². The van der Waals surface area contributed by atoms with E-state index in [0.717, 1.165) is 12.8 Å². The van der Waals surface area contributed by atoms with E-state index in [0.29, 0.717) is 18.3 Å². The van der Waals surface area contributed by atoms with Crippen LogP contribution in [0.1, 0.15) is 26.7 Å². The molecule has 0 aliphatic rings. The van der Waals surface area contributed by atoms with Gasteiger partial charge in [-0.3, -0.25) is 0 Å². The molecule has 0 aromatic heterocycles. The summed E-state index contributed by atoms with van der Waals surface area (Å²) >= 11 is 0. The van der Waals surface area contributed by atoms with Crippen LogP contribution in [-0.4, -0.2) is 14.4 Å². The van der Waals surface area contributed by atoms with Crippen molar-refractivity contribution in [3.8, 4) is 0 Å². The summed E-state index contributed by atoms with van der Waals surface area (Å²) in [7, 11) is 5.76.